The summed E-state index contributed by atoms with van der Waals surface area (Å²) in [5.41, 5.74) is -4.88. The van der Waals surface area contributed by atoms with Gasteiger partial charge in [0.15, 0.2) is 5.75 Å². The van der Waals surface area contributed by atoms with Crippen molar-refractivity contribution in [3.05, 3.63) is 29.3 Å². The van der Waals surface area contributed by atoms with Gasteiger partial charge in [0.2, 0.25) is 0 Å². The van der Waals surface area contributed by atoms with Gasteiger partial charge >= 0.3 is 15.6 Å². The van der Waals surface area contributed by atoms with Gasteiger partial charge in [-0.1, -0.05) is 64.4 Å². The van der Waals surface area contributed by atoms with Crippen LogP contribution in [0.25, 0.3) is 0 Å². The fourth-order valence-electron chi connectivity index (χ4n) is 4.30. The van der Waals surface area contributed by atoms with Gasteiger partial charge in [0.25, 0.3) is 0 Å². The Balaban J connectivity index is 1.85. The monoisotopic (exact) mass is 459 g/mol. The minimum atomic E-state index is -5.80. The molecule has 0 atom stereocenters. The van der Waals surface area contributed by atoms with Gasteiger partial charge in [-0.2, -0.15) is 26.9 Å². The van der Waals surface area contributed by atoms with Gasteiger partial charge in [0.05, 0.1) is 5.56 Å². The second-order valence-corrected chi connectivity index (χ2v) is 10.0. The van der Waals surface area contributed by atoms with Crippen molar-refractivity contribution in [1.82, 2.24) is 0 Å². The molecule has 0 amide bonds. The summed E-state index contributed by atoms with van der Waals surface area (Å²) >= 11 is 0. The second kappa shape index (κ2) is 11.8. The van der Waals surface area contributed by atoms with Crippen LogP contribution in [0.4, 0.5) is 13.2 Å². The van der Waals surface area contributed by atoms with Crippen LogP contribution in [0.1, 0.15) is 101 Å². The Labute approximate surface area is 183 Å². The topological polar surface area (TPSA) is 67.2 Å². The summed E-state index contributed by atoms with van der Waals surface area (Å²) in [4.78, 5) is 0. The van der Waals surface area contributed by atoms with Crippen molar-refractivity contribution < 1.29 is 25.8 Å². The van der Waals surface area contributed by atoms with E-state index in [-0.39, 0.29) is 11.5 Å². The number of benzene rings is 1. The smallest absolute Gasteiger partial charge is 0.375 e. The molecule has 0 aliphatic heterocycles. The zero-order valence-electron chi connectivity index (χ0n) is 18.1. The summed E-state index contributed by atoms with van der Waals surface area (Å²) in [6.45, 7) is 2.22. The number of hydrogen-bond acceptors (Lipinski definition) is 4. The summed E-state index contributed by atoms with van der Waals surface area (Å²) in [5.74, 6) is 0.351. The van der Waals surface area contributed by atoms with Crippen molar-refractivity contribution in [2.45, 2.75) is 95.4 Å². The molecule has 4 nitrogen and oxygen atoms in total. The van der Waals surface area contributed by atoms with Gasteiger partial charge in [0, 0.05) is 0 Å². The lowest BCUT2D eigenvalue weighted by molar-refractivity contribution is -0.0500. The quantitative estimate of drug-likeness (QED) is 0.199. The van der Waals surface area contributed by atoms with E-state index < -0.39 is 21.4 Å². The number of halogens is 3. The predicted octanol–water partition coefficient (Wildman–Crippen LogP) is 7.20. The highest BCUT2D eigenvalue weighted by Crippen LogP contribution is 2.39. The Kier molecular flexibility index (Phi) is 9.67. The Hall–Kier alpha value is -1.75. The Morgan fingerprint density at radius 3 is 2.23 bits per heavy atom. The first-order valence-corrected chi connectivity index (χ1v) is 12.6. The zero-order chi connectivity index (χ0) is 22.9. The van der Waals surface area contributed by atoms with E-state index in [0.717, 1.165) is 37.3 Å². The van der Waals surface area contributed by atoms with Gasteiger partial charge in [-0.05, 0) is 55.2 Å². The third-order valence-electron chi connectivity index (χ3n) is 6.14. The lowest BCUT2D eigenvalue weighted by Gasteiger charge is -2.29. The van der Waals surface area contributed by atoms with Crippen LogP contribution in [0.5, 0.6) is 5.75 Å². The van der Waals surface area contributed by atoms with Gasteiger partial charge in [-0.25, -0.2) is 0 Å². The first-order chi connectivity index (χ1) is 14.7. The highest BCUT2D eigenvalue weighted by molar-refractivity contribution is 7.88. The van der Waals surface area contributed by atoms with Crippen LogP contribution in [-0.4, -0.2) is 13.9 Å². The molecule has 0 heterocycles. The standard InChI is InChI=1S/C23H32F3NO3S/c1-2-3-4-5-6-7-8-9-18-10-12-19(13-11-18)20-14-15-22(21(16-20)17-27)30-31(28,29)23(24,25)26/h14-16,18-19H,2-13H2,1H3. The van der Waals surface area contributed by atoms with Crippen molar-refractivity contribution in [2.75, 3.05) is 0 Å². The molecule has 174 valence electrons. The number of alkyl halides is 3. The molecule has 1 aromatic rings. The molecule has 0 saturated heterocycles. The zero-order valence-corrected chi connectivity index (χ0v) is 18.9. The molecular formula is C23H32F3NO3S. The maximum absolute atomic E-state index is 12.5. The Bertz CT molecular complexity index is 839. The maximum Gasteiger partial charge on any atom is 0.534 e. The summed E-state index contributed by atoms with van der Waals surface area (Å²) < 4.78 is 64.3. The van der Waals surface area contributed by atoms with Crippen LogP contribution in [0, 0.1) is 17.2 Å². The van der Waals surface area contributed by atoms with Crippen LogP contribution < -0.4 is 4.18 Å². The number of rotatable bonds is 11. The van der Waals surface area contributed by atoms with E-state index >= 15 is 0 Å². The van der Waals surface area contributed by atoms with Crippen LogP contribution >= 0.6 is 0 Å². The lowest BCUT2D eigenvalue weighted by Crippen LogP contribution is -2.28. The van der Waals surface area contributed by atoms with Crippen molar-refractivity contribution in [3.8, 4) is 11.8 Å². The largest absolute Gasteiger partial charge is 0.534 e. The normalized spacial score (nSPS) is 19.7. The lowest BCUT2D eigenvalue weighted by atomic mass is 9.77. The van der Waals surface area contributed by atoms with E-state index in [1.807, 2.05) is 0 Å². The average Bonchev–Trinajstić information content (AvgIpc) is 2.73. The van der Waals surface area contributed by atoms with Gasteiger partial charge in [-0.3, -0.25) is 0 Å². The number of unbranched alkanes of at least 4 members (excludes halogenated alkanes) is 6. The van der Waals surface area contributed by atoms with Gasteiger partial charge in [0.1, 0.15) is 6.07 Å². The van der Waals surface area contributed by atoms with E-state index in [0.29, 0.717) is 5.92 Å². The van der Waals surface area contributed by atoms with Crippen LogP contribution in [0.3, 0.4) is 0 Å². The van der Waals surface area contributed by atoms with Crippen LogP contribution in [-0.2, 0) is 10.1 Å². The van der Waals surface area contributed by atoms with Crippen molar-refractivity contribution in [3.63, 3.8) is 0 Å². The van der Waals surface area contributed by atoms with Crippen LogP contribution in [0.2, 0.25) is 0 Å². The summed E-state index contributed by atoms with van der Waals surface area (Å²) in [6.07, 6.45) is 14.5. The highest BCUT2D eigenvalue weighted by Gasteiger charge is 2.48. The molecule has 0 N–H and O–H groups in total. The van der Waals surface area contributed by atoms with E-state index in [1.54, 1.807) is 12.1 Å². The van der Waals surface area contributed by atoms with Crippen molar-refractivity contribution >= 4 is 10.1 Å². The van der Waals surface area contributed by atoms with Crippen molar-refractivity contribution in [1.29, 1.82) is 5.26 Å². The minimum absolute atomic E-state index is 0.199. The van der Waals surface area contributed by atoms with Gasteiger partial charge in [-0.15, -0.1) is 0 Å². The fraction of sp³-hybridized carbons (Fsp3) is 0.696. The highest BCUT2D eigenvalue weighted by atomic mass is 32.2. The van der Waals surface area contributed by atoms with Crippen LogP contribution in [0.15, 0.2) is 18.2 Å². The van der Waals surface area contributed by atoms with Crippen molar-refractivity contribution in [2.24, 2.45) is 5.92 Å². The molecule has 0 radical (unpaired) electrons. The fourth-order valence-corrected chi connectivity index (χ4v) is 4.78. The maximum atomic E-state index is 12.5. The SMILES string of the molecule is CCCCCCCCCC1CCC(c2ccc(OS(=O)(=O)C(F)(F)F)c(C#N)c2)CC1. The van der Waals surface area contributed by atoms with E-state index in [1.165, 1.54) is 57.4 Å². The average molecular weight is 460 g/mol. The second-order valence-electron chi connectivity index (χ2n) is 8.48. The summed E-state index contributed by atoms with van der Waals surface area (Å²) in [7, 11) is -5.80. The molecule has 1 aliphatic rings. The molecule has 1 aromatic carbocycles. The summed E-state index contributed by atoms with van der Waals surface area (Å²) in [5, 5.41) is 9.27. The third kappa shape index (κ3) is 7.71. The molecule has 2 rings (SSSR count). The number of nitriles is 1. The number of hydrogen-bond donors (Lipinski definition) is 0. The molecule has 1 aliphatic carbocycles. The summed E-state index contributed by atoms with van der Waals surface area (Å²) in [6, 6.07) is 5.94. The molecular weight excluding hydrogens is 427 g/mol. The molecule has 1 saturated carbocycles. The van der Waals surface area contributed by atoms with E-state index in [4.69, 9.17) is 0 Å². The number of nitrogens with zero attached hydrogens (tertiary/aromatic N) is 1. The minimum Gasteiger partial charge on any atom is -0.375 e. The molecule has 1 fully saturated rings. The predicted molar refractivity (Wildman–Crippen MR) is 114 cm³/mol. The molecule has 0 bridgehead atoms. The Morgan fingerprint density at radius 1 is 1.03 bits per heavy atom. The third-order valence-corrected chi connectivity index (χ3v) is 7.11. The molecule has 0 aromatic heterocycles. The molecule has 0 unspecified atom stereocenters. The molecule has 0 spiro atoms. The molecule has 31 heavy (non-hydrogen) atoms. The first kappa shape index (κ1) is 25.5. The van der Waals surface area contributed by atoms with Gasteiger partial charge < -0.3 is 4.18 Å². The van der Waals surface area contributed by atoms with E-state index in [9.17, 15) is 26.9 Å². The first-order valence-electron chi connectivity index (χ1n) is 11.2. The Morgan fingerprint density at radius 2 is 1.65 bits per heavy atom. The van der Waals surface area contributed by atoms with E-state index in [2.05, 4.69) is 11.1 Å². The molecule has 8 heteroatoms.